The lowest BCUT2D eigenvalue weighted by Crippen LogP contribution is -2.14. The molecule has 126 valence electrons. The number of fused-ring (bicyclic) bond motifs is 1. The van der Waals surface area contributed by atoms with Crippen molar-refractivity contribution in [3.8, 4) is 0 Å². The Morgan fingerprint density at radius 2 is 2.08 bits per heavy atom. The van der Waals surface area contributed by atoms with Gasteiger partial charge >= 0.3 is 0 Å². The summed E-state index contributed by atoms with van der Waals surface area (Å²) >= 11 is 6.07. The predicted octanol–water partition coefficient (Wildman–Crippen LogP) is 3.86. The Morgan fingerprint density at radius 3 is 2.84 bits per heavy atom. The number of halogens is 1. The number of rotatable bonds is 4. The smallest absolute Gasteiger partial charge is 0.169 e. The van der Waals surface area contributed by atoms with Crippen molar-refractivity contribution in [1.82, 2.24) is 24.7 Å². The first-order valence-corrected chi connectivity index (χ1v) is 8.08. The van der Waals surface area contributed by atoms with E-state index in [2.05, 4.69) is 25.5 Å². The number of hydrogen-bond acceptors (Lipinski definition) is 5. The molecule has 3 heterocycles. The summed E-state index contributed by atoms with van der Waals surface area (Å²) in [6.45, 7) is 0. The first-order valence-electron chi connectivity index (χ1n) is 7.70. The molecule has 0 atom stereocenters. The summed E-state index contributed by atoms with van der Waals surface area (Å²) in [6, 6.07) is 11.5. The topological polar surface area (TPSA) is 74.7 Å². The highest BCUT2D eigenvalue weighted by Crippen LogP contribution is 2.33. The van der Waals surface area contributed by atoms with Gasteiger partial charge in [0, 0.05) is 31.0 Å². The number of aryl methyl sites for hydroxylation is 1. The molecule has 0 saturated heterocycles. The summed E-state index contributed by atoms with van der Waals surface area (Å²) in [5.41, 5.74) is 1.51. The Labute approximate surface area is 149 Å². The molecule has 1 aromatic carbocycles. The molecule has 25 heavy (non-hydrogen) atoms. The van der Waals surface area contributed by atoms with Gasteiger partial charge in [0.1, 0.15) is 23.3 Å². The molecule has 3 aromatic heterocycles. The van der Waals surface area contributed by atoms with E-state index in [1.807, 2.05) is 66.2 Å². The van der Waals surface area contributed by atoms with Crippen LogP contribution in [0.25, 0.3) is 11.0 Å². The number of aromatic nitrogens is 5. The minimum atomic E-state index is 0.656. The van der Waals surface area contributed by atoms with Crippen molar-refractivity contribution in [1.29, 1.82) is 0 Å². The Hall–Kier alpha value is -3.06. The van der Waals surface area contributed by atoms with Crippen LogP contribution in [-0.4, -0.2) is 31.8 Å². The average Bonchev–Trinajstić information content (AvgIpc) is 3.21. The van der Waals surface area contributed by atoms with Crippen LogP contribution in [0, 0.1) is 0 Å². The third-order valence-electron chi connectivity index (χ3n) is 4.00. The molecule has 0 aliphatic carbocycles. The van der Waals surface area contributed by atoms with Crippen LogP contribution in [0.2, 0.25) is 5.02 Å². The molecule has 4 rings (SSSR count). The second-order valence-corrected chi connectivity index (χ2v) is 6.10. The number of anilines is 4. The quantitative estimate of drug-likeness (QED) is 0.582. The Balaban J connectivity index is 1.81. The molecule has 4 aromatic rings. The van der Waals surface area contributed by atoms with E-state index < -0.39 is 0 Å². The zero-order chi connectivity index (χ0) is 17.4. The van der Waals surface area contributed by atoms with Crippen LogP contribution in [0.3, 0.4) is 0 Å². The van der Waals surface area contributed by atoms with Gasteiger partial charge < -0.3 is 14.8 Å². The van der Waals surface area contributed by atoms with Crippen molar-refractivity contribution in [2.75, 3.05) is 17.3 Å². The van der Waals surface area contributed by atoms with E-state index in [4.69, 9.17) is 11.6 Å². The first kappa shape index (κ1) is 15.5. The van der Waals surface area contributed by atoms with Crippen molar-refractivity contribution in [2.45, 2.75) is 0 Å². The predicted molar refractivity (Wildman–Crippen MR) is 99.9 cm³/mol. The summed E-state index contributed by atoms with van der Waals surface area (Å²) < 4.78 is 2.02. The molecule has 7 nitrogen and oxygen atoms in total. The van der Waals surface area contributed by atoms with E-state index in [-0.39, 0.29) is 0 Å². The molecular weight excluding hydrogens is 338 g/mol. The molecule has 0 saturated carbocycles. The minimum Gasteiger partial charge on any atom is -0.339 e. The highest BCUT2D eigenvalue weighted by atomic mass is 35.5. The van der Waals surface area contributed by atoms with E-state index in [0.717, 1.165) is 22.7 Å². The molecule has 2 N–H and O–H groups in total. The fourth-order valence-corrected chi connectivity index (χ4v) is 2.98. The van der Waals surface area contributed by atoms with Crippen LogP contribution in [0.5, 0.6) is 0 Å². The molecular formula is C17H16ClN7. The lowest BCUT2D eigenvalue weighted by atomic mass is 10.3. The molecule has 0 amide bonds. The largest absolute Gasteiger partial charge is 0.339 e. The molecule has 0 bridgehead atoms. The zero-order valence-electron chi connectivity index (χ0n) is 13.7. The number of hydrogen-bond donors (Lipinski definition) is 2. The summed E-state index contributed by atoms with van der Waals surface area (Å²) in [4.78, 5) is 10.7. The Kier molecular flexibility index (Phi) is 3.77. The summed E-state index contributed by atoms with van der Waals surface area (Å²) in [5, 5.41) is 12.2. The second-order valence-electron chi connectivity index (χ2n) is 5.66. The van der Waals surface area contributed by atoms with Gasteiger partial charge in [0.05, 0.1) is 0 Å². The fourth-order valence-electron chi connectivity index (χ4n) is 2.79. The SMILES string of the molecule is CN(c1n[nH]c2ncnc(Nc3cccc(Cl)c3)c12)c1cccn1C. The molecule has 0 fully saturated rings. The average molecular weight is 354 g/mol. The third kappa shape index (κ3) is 2.78. The van der Waals surface area contributed by atoms with Gasteiger partial charge in [-0.05, 0) is 30.3 Å². The maximum absolute atomic E-state index is 6.07. The van der Waals surface area contributed by atoms with Crippen molar-refractivity contribution in [3.63, 3.8) is 0 Å². The van der Waals surface area contributed by atoms with Crippen LogP contribution >= 0.6 is 11.6 Å². The van der Waals surface area contributed by atoms with E-state index in [0.29, 0.717) is 16.5 Å². The highest BCUT2D eigenvalue weighted by Gasteiger charge is 2.18. The molecule has 0 spiro atoms. The van der Waals surface area contributed by atoms with E-state index in [1.165, 1.54) is 6.33 Å². The Morgan fingerprint density at radius 1 is 1.20 bits per heavy atom. The lowest BCUT2D eigenvalue weighted by Gasteiger charge is -2.18. The first-order chi connectivity index (χ1) is 12.1. The standard InChI is InChI=1S/C17H16ClN7/c1-24-8-4-7-13(24)25(2)17-14-15(19-10-20-16(14)22-23-17)21-12-6-3-5-11(18)9-12/h3-10H,1-2H3,(H2,19,20,21,22,23). The van der Waals surface area contributed by atoms with Gasteiger partial charge in [0.25, 0.3) is 0 Å². The molecule has 0 aliphatic rings. The molecule has 8 heteroatoms. The maximum atomic E-state index is 6.07. The number of aromatic amines is 1. The number of H-pyrrole nitrogens is 1. The van der Waals surface area contributed by atoms with Crippen LogP contribution in [-0.2, 0) is 7.05 Å². The van der Waals surface area contributed by atoms with Gasteiger partial charge in [-0.2, -0.15) is 5.10 Å². The van der Waals surface area contributed by atoms with E-state index in [9.17, 15) is 0 Å². The van der Waals surface area contributed by atoms with Gasteiger partial charge in [-0.25, -0.2) is 9.97 Å². The number of nitrogens with one attached hydrogen (secondary N) is 2. The van der Waals surface area contributed by atoms with E-state index in [1.54, 1.807) is 0 Å². The zero-order valence-corrected chi connectivity index (χ0v) is 14.5. The normalized spacial score (nSPS) is 11.0. The minimum absolute atomic E-state index is 0.656. The van der Waals surface area contributed by atoms with Crippen LogP contribution in [0.1, 0.15) is 0 Å². The maximum Gasteiger partial charge on any atom is 0.169 e. The van der Waals surface area contributed by atoms with Crippen molar-refractivity contribution < 1.29 is 0 Å². The number of nitrogens with zero attached hydrogens (tertiary/aromatic N) is 5. The van der Waals surface area contributed by atoms with Gasteiger partial charge in [-0.3, -0.25) is 5.10 Å². The number of benzene rings is 1. The van der Waals surface area contributed by atoms with Crippen LogP contribution in [0.15, 0.2) is 48.9 Å². The van der Waals surface area contributed by atoms with E-state index >= 15 is 0 Å². The van der Waals surface area contributed by atoms with Gasteiger partial charge in [0.15, 0.2) is 11.5 Å². The lowest BCUT2D eigenvalue weighted by molar-refractivity contribution is 0.893. The molecule has 0 unspecified atom stereocenters. The summed E-state index contributed by atoms with van der Waals surface area (Å²) in [5.74, 6) is 2.41. The third-order valence-corrected chi connectivity index (χ3v) is 4.24. The summed E-state index contributed by atoms with van der Waals surface area (Å²) in [7, 11) is 3.95. The van der Waals surface area contributed by atoms with Crippen LogP contribution < -0.4 is 10.2 Å². The van der Waals surface area contributed by atoms with Gasteiger partial charge in [0.2, 0.25) is 0 Å². The van der Waals surface area contributed by atoms with Gasteiger partial charge in [-0.1, -0.05) is 17.7 Å². The molecule has 0 radical (unpaired) electrons. The van der Waals surface area contributed by atoms with Gasteiger partial charge in [-0.15, -0.1) is 0 Å². The van der Waals surface area contributed by atoms with Crippen molar-refractivity contribution in [3.05, 3.63) is 53.9 Å². The Bertz CT molecular complexity index is 1040. The van der Waals surface area contributed by atoms with Crippen molar-refractivity contribution in [2.24, 2.45) is 7.05 Å². The van der Waals surface area contributed by atoms with Crippen LogP contribution in [0.4, 0.5) is 23.1 Å². The fraction of sp³-hybridized carbons (Fsp3) is 0.118. The van der Waals surface area contributed by atoms with Crippen molar-refractivity contribution >= 4 is 45.8 Å². The highest BCUT2D eigenvalue weighted by molar-refractivity contribution is 6.30. The summed E-state index contributed by atoms with van der Waals surface area (Å²) in [6.07, 6.45) is 3.49. The monoisotopic (exact) mass is 353 g/mol. The second kappa shape index (κ2) is 6.10. The molecule has 0 aliphatic heterocycles.